The minimum atomic E-state index is -0.778. The Morgan fingerprint density at radius 2 is 2.47 bits per heavy atom. The second kappa shape index (κ2) is 3.94. The number of hydrogen-bond acceptors (Lipinski definition) is 4. The van der Waals surface area contributed by atoms with Gasteiger partial charge in [-0.05, 0) is 31.1 Å². The number of rotatable bonds is 2. The van der Waals surface area contributed by atoms with E-state index in [1.165, 1.54) is 17.8 Å². The fourth-order valence-electron chi connectivity index (χ4n) is 3.52. The number of nitriles is 1. The standard InChI is InChI=1S/C12H13ClN2OS/c13-9-5-15-11(17-9)10(16)12(6-14)4-7-1-2-8(12)3-7/h5,7-8,10,16H,1-4H2. The molecule has 0 radical (unpaired) electrons. The zero-order chi connectivity index (χ0) is 12.0. The Labute approximate surface area is 109 Å². The lowest BCUT2D eigenvalue weighted by atomic mass is 9.70. The van der Waals surface area contributed by atoms with E-state index in [9.17, 15) is 10.4 Å². The molecular weight excluding hydrogens is 256 g/mol. The SMILES string of the molecule is N#CC1(C(O)c2ncc(Cl)s2)CC2CCC1C2. The third-order valence-electron chi connectivity index (χ3n) is 4.32. The van der Waals surface area contributed by atoms with Crippen molar-refractivity contribution < 1.29 is 5.11 Å². The summed E-state index contributed by atoms with van der Waals surface area (Å²) in [5.41, 5.74) is -0.621. The molecule has 90 valence electrons. The normalized spacial score (nSPS) is 37.0. The highest BCUT2D eigenvalue weighted by atomic mass is 35.5. The Hall–Kier alpha value is -0.630. The largest absolute Gasteiger partial charge is 0.384 e. The Bertz CT molecular complexity index is 483. The third-order valence-corrected chi connectivity index (χ3v) is 5.49. The quantitative estimate of drug-likeness (QED) is 0.896. The van der Waals surface area contributed by atoms with Crippen LogP contribution in [0.25, 0.3) is 0 Å². The Morgan fingerprint density at radius 1 is 1.65 bits per heavy atom. The number of halogens is 1. The molecule has 0 aromatic carbocycles. The van der Waals surface area contributed by atoms with Crippen LogP contribution in [0.3, 0.4) is 0 Å². The molecule has 4 atom stereocenters. The van der Waals surface area contributed by atoms with Crippen LogP contribution >= 0.6 is 22.9 Å². The molecule has 0 spiro atoms. The molecule has 2 saturated carbocycles. The highest BCUT2D eigenvalue weighted by Crippen LogP contribution is 2.60. The van der Waals surface area contributed by atoms with Gasteiger partial charge in [-0.1, -0.05) is 18.0 Å². The summed E-state index contributed by atoms with van der Waals surface area (Å²) in [7, 11) is 0. The van der Waals surface area contributed by atoms with E-state index >= 15 is 0 Å². The Kier molecular flexibility index (Phi) is 2.66. The van der Waals surface area contributed by atoms with Crippen molar-refractivity contribution in [1.82, 2.24) is 4.98 Å². The van der Waals surface area contributed by atoms with Gasteiger partial charge in [0.15, 0.2) is 0 Å². The molecule has 2 fully saturated rings. The Morgan fingerprint density at radius 3 is 2.94 bits per heavy atom. The summed E-state index contributed by atoms with van der Waals surface area (Å²) in [5.74, 6) is 0.944. The van der Waals surface area contributed by atoms with Crippen LogP contribution in [0.2, 0.25) is 4.34 Å². The molecular formula is C12H13ClN2OS. The maximum atomic E-state index is 10.5. The molecule has 2 aliphatic rings. The van der Waals surface area contributed by atoms with Crippen molar-refractivity contribution in [2.75, 3.05) is 0 Å². The zero-order valence-corrected chi connectivity index (χ0v) is 10.8. The molecule has 3 rings (SSSR count). The first kappa shape index (κ1) is 11.5. The summed E-state index contributed by atoms with van der Waals surface area (Å²) < 4.78 is 0.565. The van der Waals surface area contributed by atoms with Crippen molar-refractivity contribution in [3.8, 4) is 6.07 Å². The number of thiazole rings is 1. The predicted molar refractivity (Wildman–Crippen MR) is 65.6 cm³/mol. The van der Waals surface area contributed by atoms with Gasteiger partial charge >= 0.3 is 0 Å². The van der Waals surface area contributed by atoms with Crippen molar-refractivity contribution in [3.05, 3.63) is 15.5 Å². The molecule has 3 nitrogen and oxygen atoms in total. The first-order chi connectivity index (χ1) is 8.15. The van der Waals surface area contributed by atoms with Gasteiger partial charge in [0.1, 0.15) is 15.4 Å². The molecule has 2 bridgehead atoms. The lowest BCUT2D eigenvalue weighted by molar-refractivity contribution is 0.0232. The monoisotopic (exact) mass is 268 g/mol. The second-order valence-electron chi connectivity index (χ2n) is 5.14. The van der Waals surface area contributed by atoms with Crippen molar-refractivity contribution in [2.24, 2.45) is 17.3 Å². The van der Waals surface area contributed by atoms with E-state index in [0.29, 0.717) is 21.2 Å². The number of aliphatic hydroxyl groups excluding tert-OH is 1. The van der Waals surface area contributed by atoms with Crippen LogP contribution in [-0.4, -0.2) is 10.1 Å². The minimum Gasteiger partial charge on any atom is -0.384 e. The zero-order valence-electron chi connectivity index (χ0n) is 9.27. The molecule has 1 N–H and O–H groups in total. The van der Waals surface area contributed by atoms with Gasteiger partial charge in [-0.25, -0.2) is 4.98 Å². The predicted octanol–water partition coefficient (Wildman–Crippen LogP) is 3.16. The van der Waals surface area contributed by atoms with E-state index in [2.05, 4.69) is 11.1 Å². The van der Waals surface area contributed by atoms with Crippen LogP contribution in [0.5, 0.6) is 0 Å². The first-order valence-electron chi connectivity index (χ1n) is 5.86. The molecule has 0 saturated heterocycles. The van der Waals surface area contributed by atoms with E-state index in [1.54, 1.807) is 6.20 Å². The van der Waals surface area contributed by atoms with E-state index in [4.69, 9.17) is 11.6 Å². The number of aliphatic hydroxyl groups is 1. The molecule has 1 aromatic rings. The maximum absolute atomic E-state index is 10.5. The van der Waals surface area contributed by atoms with Crippen LogP contribution < -0.4 is 0 Å². The molecule has 17 heavy (non-hydrogen) atoms. The topological polar surface area (TPSA) is 56.9 Å². The van der Waals surface area contributed by atoms with E-state index in [-0.39, 0.29) is 0 Å². The van der Waals surface area contributed by atoms with Crippen LogP contribution in [-0.2, 0) is 0 Å². The first-order valence-corrected chi connectivity index (χ1v) is 7.05. The smallest absolute Gasteiger partial charge is 0.124 e. The molecule has 4 unspecified atom stereocenters. The molecule has 1 aromatic heterocycles. The summed E-state index contributed by atoms with van der Waals surface area (Å²) in [6.07, 6.45) is 4.94. The molecule has 1 heterocycles. The highest BCUT2D eigenvalue weighted by Gasteiger charge is 2.56. The summed E-state index contributed by atoms with van der Waals surface area (Å²) >= 11 is 7.12. The lowest BCUT2D eigenvalue weighted by Gasteiger charge is -2.34. The average molecular weight is 269 g/mol. The van der Waals surface area contributed by atoms with Crippen LogP contribution in [0.1, 0.15) is 36.8 Å². The second-order valence-corrected chi connectivity index (χ2v) is 6.83. The lowest BCUT2D eigenvalue weighted by Crippen LogP contribution is -2.33. The van der Waals surface area contributed by atoms with E-state index < -0.39 is 11.5 Å². The average Bonchev–Trinajstić information content (AvgIpc) is 3.02. The van der Waals surface area contributed by atoms with Crippen LogP contribution in [0.15, 0.2) is 6.20 Å². The number of aromatic nitrogens is 1. The van der Waals surface area contributed by atoms with Gasteiger partial charge in [0, 0.05) is 0 Å². The molecule has 2 aliphatic carbocycles. The molecule has 0 amide bonds. The van der Waals surface area contributed by atoms with Gasteiger partial charge in [0.25, 0.3) is 0 Å². The van der Waals surface area contributed by atoms with Crippen LogP contribution in [0, 0.1) is 28.6 Å². The summed E-state index contributed by atoms with van der Waals surface area (Å²) in [5, 5.41) is 20.6. The van der Waals surface area contributed by atoms with Gasteiger partial charge in [-0.3, -0.25) is 0 Å². The van der Waals surface area contributed by atoms with E-state index in [1.807, 2.05) is 0 Å². The van der Waals surface area contributed by atoms with Gasteiger partial charge in [0.05, 0.1) is 17.7 Å². The fraction of sp³-hybridized carbons (Fsp3) is 0.667. The molecule has 5 heteroatoms. The minimum absolute atomic E-state index is 0.329. The number of hydrogen-bond donors (Lipinski definition) is 1. The summed E-state index contributed by atoms with van der Waals surface area (Å²) in [6.45, 7) is 0. The van der Waals surface area contributed by atoms with Crippen molar-refractivity contribution in [1.29, 1.82) is 5.26 Å². The van der Waals surface area contributed by atoms with Gasteiger partial charge in [-0.2, -0.15) is 5.26 Å². The molecule has 0 aliphatic heterocycles. The van der Waals surface area contributed by atoms with Gasteiger partial charge in [0.2, 0.25) is 0 Å². The number of nitrogens with zero attached hydrogens (tertiary/aromatic N) is 2. The number of fused-ring (bicyclic) bond motifs is 2. The van der Waals surface area contributed by atoms with Crippen LogP contribution in [0.4, 0.5) is 0 Å². The Balaban J connectivity index is 1.94. The van der Waals surface area contributed by atoms with Crippen molar-refractivity contribution >= 4 is 22.9 Å². The van der Waals surface area contributed by atoms with Gasteiger partial charge < -0.3 is 5.11 Å². The van der Waals surface area contributed by atoms with E-state index in [0.717, 1.165) is 19.3 Å². The summed E-state index contributed by atoms with van der Waals surface area (Å²) in [6, 6.07) is 2.39. The summed E-state index contributed by atoms with van der Waals surface area (Å²) in [4.78, 5) is 4.12. The maximum Gasteiger partial charge on any atom is 0.124 e. The van der Waals surface area contributed by atoms with Crippen molar-refractivity contribution in [2.45, 2.75) is 31.8 Å². The highest BCUT2D eigenvalue weighted by molar-refractivity contribution is 7.15. The van der Waals surface area contributed by atoms with Gasteiger partial charge in [-0.15, -0.1) is 11.3 Å². The fourth-order valence-corrected chi connectivity index (χ4v) is 4.54. The third kappa shape index (κ3) is 1.61. The van der Waals surface area contributed by atoms with Crippen molar-refractivity contribution in [3.63, 3.8) is 0 Å².